The molecular weight excluding hydrogens is 230 g/mol. The minimum Gasteiger partial charge on any atom is -0.331 e. The van der Waals surface area contributed by atoms with Crippen LogP contribution >= 0.6 is 11.8 Å². The molecule has 1 N–H and O–H groups in total. The highest BCUT2D eigenvalue weighted by molar-refractivity contribution is 7.99. The predicted molar refractivity (Wildman–Crippen MR) is 74.4 cm³/mol. The zero-order chi connectivity index (χ0) is 12.3. The van der Waals surface area contributed by atoms with E-state index in [2.05, 4.69) is 35.0 Å². The second-order valence-corrected chi connectivity index (χ2v) is 6.27. The summed E-state index contributed by atoms with van der Waals surface area (Å²) in [4.78, 5) is 4.24. The molecule has 1 aromatic heterocycles. The van der Waals surface area contributed by atoms with Gasteiger partial charge in [-0.3, -0.25) is 0 Å². The van der Waals surface area contributed by atoms with Crippen molar-refractivity contribution in [2.45, 2.75) is 57.0 Å². The molecule has 1 saturated carbocycles. The Bertz CT molecular complexity index is 348. The molecule has 17 heavy (non-hydrogen) atoms. The summed E-state index contributed by atoms with van der Waals surface area (Å²) in [6.45, 7) is 5.35. The van der Waals surface area contributed by atoms with E-state index in [0.29, 0.717) is 12.1 Å². The Kier molecular flexibility index (Phi) is 4.51. The Balaban J connectivity index is 1.84. The first kappa shape index (κ1) is 13.0. The van der Waals surface area contributed by atoms with Gasteiger partial charge in [0.05, 0.1) is 12.0 Å². The molecule has 0 amide bonds. The van der Waals surface area contributed by atoms with E-state index in [9.17, 15) is 0 Å². The molecule has 0 aliphatic heterocycles. The molecule has 0 spiro atoms. The third-order valence-electron chi connectivity index (χ3n) is 3.59. The molecule has 0 radical (unpaired) electrons. The quantitative estimate of drug-likeness (QED) is 0.875. The molecule has 3 nitrogen and oxygen atoms in total. The summed E-state index contributed by atoms with van der Waals surface area (Å²) in [6.07, 6.45) is 10.1. The first-order valence-corrected chi connectivity index (χ1v) is 7.76. The molecule has 2 rings (SSSR count). The summed E-state index contributed by atoms with van der Waals surface area (Å²) >= 11 is 2.01. The van der Waals surface area contributed by atoms with Gasteiger partial charge >= 0.3 is 0 Å². The average Bonchev–Trinajstić information content (AvgIpc) is 2.95. The van der Waals surface area contributed by atoms with Crippen molar-refractivity contribution in [3.05, 3.63) is 18.2 Å². The van der Waals surface area contributed by atoms with Gasteiger partial charge in [0.2, 0.25) is 0 Å². The number of imidazole rings is 1. The van der Waals surface area contributed by atoms with Gasteiger partial charge in [0.25, 0.3) is 0 Å². The minimum absolute atomic E-state index is 0.497. The van der Waals surface area contributed by atoms with Gasteiger partial charge < -0.3 is 9.88 Å². The van der Waals surface area contributed by atoms with Gasteiger partial charge in [0.15, 0.2) is 0 Å². The first-order valence-electron chi connectivity index (χ1n) is 6.47. The maximum absolute atomic E-state index is 4.24. The molecule has 0 saturated heterocycles. The molecule has 96 valence electrons. The van der Waals surface area contributed by atoms with Crippen LogP contribution in [0.2, 0.25) is 0 Å². The van der Waals surface area contributed by atoms with E-state index in [-0.39, 0.29) is 0 Å². The van der Waals surface area contributed by atoms with Crippen molar-refractivity contribution in [1.82, 2.24) is 14.9 Å². The van der Waals surface area contributed by atoms with Crippen LogP contribution in [-0.2, 0) is 6.54 Å². The van der Waals surface area contributed by atoms with Crippen molar-refractivity contribution >= 4 is 11.8 Å². The lowest BCUT2D eigenvalue weighted by Gasteiger charge is -2.15. The average molecular weight is 253 g/mol. The topological polar surface area (TPSA) is 29.9 Å². The maximum Gasteiger partial charge on any atom is 0.0951 e. The van der Waals surface area contributed by atoms with Crippen molar-refractivity contribution in [2.75, 3.05) is 6.26 Å². The van der Waals surface area contributed by atoms with Crippen LogP contribution in [0.3, 0.4) is 0 Å². The monoisotopic (exact) mass is 253 g/mol. The molecule has 1 aromatic rings. The summed E-state index contributed by atoms with van der Waals surface area (Å²) < 4.78 is 2.24. The summed E-state index contributed by atoms with van der Waals surface area (Å²) in [5.74, 6) is 0. The Morgan fingerprint density at radius 2 is 2.35 bits per heavy atom. The van der Waals surface area contributed by atoms with Crippen molar-refractivity contribution in [1.29, 1.82) is 0 Å². The lowest BCUT2D eigenvalue weighted by atomic mass is 10.2. The fraction of sp³-hybridized carbons (Fsp3) is 0.769. The second-order valence-electron chi connectivity index (χ2n) is 5.13. The van der Waals surface area contributed by atoms with Gasteiger partial charge in [-0.25, -0.2) is 4.98 Å². The zero-order valence-corrected chi connectivity index (χ0v) is 11.8. The van der Waals surface area contributed by atoms with Crippen LogP contribution in [0.25, 0.3) is 0 Å². The molecule has 0 bridgehead atoms. The van der Waals surface area contributed by atoms with E-state index in [4.69, 9.17) is 0 Å². The molecule has 0 aromatic carbocycles. The molecule has 1 aliphatic rings. The molecule has 1 fully saturated rings. The van der Waals surface area contributed by atoms with Crippen LogP contribution < -0.4 is 5.32 Å². The standard InChI is InChI=1S/C13H23N3S/c1-10(2)16-9-14-7-12(16)8-15-11-4-5-13(6-11)17-3/h7,9-11,13,15H,4-6,8H2,1-3H3. The van der Waals surface area contributed by atoms with Crippen LogP contribution in [0.1, 0.15) is 44.8 Å². The van der Waals surface area contributed by atoms with E-state index in [1.165, 1.54) is 25.0 Å². The van der Waals surface area contributed by atoms with Crippen LogP contribution in [0, 0.1) is 0 Å². The van der Waals surface area contributed by atoms with E-state index < -0.39 is 0 Å². The van der Waals surface area contributed by atoms with E-state index >= 15 is 0 Å². The normalized spacial score (nSPS) is 24.7. The maximum atomic E-state index is 4.24. The highest BCUT2D eigenvalue weighted by atomic mass is 32.2. The Labute approximate surface area is 108 Å². The van der Waals surface area contributed by atoms with E-state index in [0.717, 1.165) is 11.8 Å². The second kappa shape index (κ2) is 5.91. The highest BCUT2D eigenvalue weighted by Gasteiger charge is 2.23. The van der Waals surface area contributed by atoms with Gasteiger partial charge in [-0.1, -0.05) is 0 Å². The Hall–Kier alpha value is -0.480. The van der Waals surface area contributed by atoms with Gasteiger partial charge in [-0.15, -0.1) is 0 Å². The first-order chi connectivity index (χ1) is 8.20. The Morgan fingerprint density at radius 1 is 1.53 bits per heavy atom. The number of rotatable bonds is 5. The number of hydrogen-bond donors (Lipinski definition) is 1. The van der Waals surface area contributed by atoms with E-state index in [1.54, 1.807) is 0 Å². The lowest BCUT2D eigenvalue weighted by molar-refractivity contribution is 0.493. The minimum atomic E-state index is 0.497. The highest BCUT2D eigenvalue weighted by Crippen LogP contribution is 2.28. The summed E-state index contributed by atoms with van der Waals surface area (Å²) in [6, 6.07) is 1.19. The summed E-state index contributed by atoms with van der Waals surface area (Å²) in [5.41, 5.74) is 1.30. The van der Waals surface area contributed by atoms with Gasteiger partial charge in [-0.2, -0.15) is 11.8 Å². The molecule has 2 atom stereocenters. The molecule has 1 aliphatic carbocycles. The number of hydrogen-bond acceptors (Lipinski definition) is 3. The fourth-order valence-electron chi connectivity index (χ4n) is 2.52. The SMILES string of the molecule is CSC1CCC(NCc2cncn2C(C)C)C1. The fourth-order valence-corrected chi connectivity index (χ4v) is 3.32. The van der Waals surface area contributed by atoms with Crippen LogP contribution in [0.15, 0.2) is 12.5 Å². The number of nitrogens with one attached hydrogen (secondary N) is 1. The lowest BCUT2D eigenvalue weighted by Crippen LogP contribution is -2.27. The van der Waals surface area contributed by atoms with Gasteiger partial charge in [0, 0.05) is 30.1 Å². The molecule has 1 heterocycles. The number of aromatic nitrogens is 2. The van der Waals surface area contributed by atoms with Crippen molar-refractivity contribution in [3.63, 3.8) is 0 Å². The van der Waals surface area contributed by atoms with Crippen molar-refractivity contribution in [3.8, 4) is 0 Å². The third-order valence-corrected chi connectivity index (χ3v) is 4.69. The van der Waals surface area contributed by atoms with Gasteiger partial charge in [-0.05, 0) is 39.4 Å². The van der Waals surface area contributed by atoms with Gasteiger partial charge in [0.1, 0.15) is 0 Å². The van der Waals surface area contributed by atoms with Crippen molar-refractivity contribution in [2.24, 2.45) is 0 Å². The summed E-state index contributed by atoms with van der Waals surface area (Å²) in [7, 11) is 0. The van der Waals surface area contributed by atoms with Crippen LogP contribution in [0.4, 0.5) is 0 Å². The largest absolute Gasteiger partial charge is 0.331 e. The van der Waals surface area contributed by atoms with Crippen LogP contribution in [-0.4, -0.2) is 27.1 Å². The number of thioether (sulfide) groups is 1. The molecular formula is C13H23N3S. The van der Waals surface area contributed by atoms with Crippen molar-refractivity contribution < 1.29 is 0 Å². The zero-order valence-electron chi connectivity index (χ0n) is 11.0. The Morgan fingerprint density at radius 3 is 3.00 bits per heavy atom. The van der Waals surface area contributed by atoms with E-state index in [1.807, 2.05) is 24.3 Å². The summed E-state index contributed by atoms with van der Waals surface area (Å²) in [5, 5.41) is 4.53. The molecule has 4 heteroatoms. The number of nitrogens with zero attached hydrogens (tertiary/aromatic N) is 2. The smallest absolute Gasteiger partial charge is 0.0951 e. The third kappa shape index (κ3) is 3.26. The predicted octanol–water partition coefficient (Wildman–Crippen LogP) is 2.84. The van der Waals surface area contributed by atoms with Crippen LogP contribution in [0.5, 0.6) is 0 Å². The molecule has 2 unspecified atom stereocenters.